The summed E-state index contributed by atoms with van der Waals surface area (Å²) in [6, 6.07) is 9.96. The summed E-state index contributed by atoms with van der Waals surface area (Å²) in [4.78, 5) is 30.5. The summed E-state index contributed by atoms with van der Waals surface area (Å²) in [6.45, 7) is 1.82. The Morgan fingerprint density at radius 2 is 2.05 bits per heavy atom. The van der Waals surface area contributed by atoms with Gasteiger partial charge >= 0.3 is 0 Å². The lowest BCUT2D eigenvalue weighted by atomic mass is 10.3. The first-order chi connectivity index (χ1) is 10.1. The number of para-hydroxylation sites is 2. The Morgan fingerprint density at radius 3 is 2.76 bits per heavy atom. The topological polar surface area (TPSA) is 104 Å². The van der Waals surface area contributed by atoms with Crippen LogP contribution in [-0.4, -0.2) is 26.1 Å². The number of nitrogens with zero attached hydrogens (tertiary/aromatic N) is 2. The zero-order valence-electron chi connectivity index (χ0n) is 11.3. The molecular formula is C14H13N5O2. The molecule has 0 bridgehead atoms. The van der Waals surface area contributed by atoms with Crippen LogP contribution in [0.5, 0.6) is 0 Å². The van der Waals surface area contributed by atoms with Gasteiger partial charge in [0.05, 0.1) is 17.1 Å². The second kappa shape index (κ2) is 5.20. The monoisotopic (exact) mass is 283 g/mol. The summed E-state index contributed by atoms with van der Waals surface area (Å²) in [5.41, 5.74) is 1.56. The van der Waals surface area contributed by atoms with Gasteiger partial charge in [-0.25, -0.2) is 10.1 Å². The number of H-pyrrole nitrogens is 2. The molecule has 1 unspecified atom stereocenters. The number of aromatic nitrogens is 4. The van der Waals surface area contributed by atoms with Crippen LogP contribution in [0.3, 0.4) is 0 Å². The number of imidazole rings is 1. The quantitative estimate of drug-likeness (QED) is 0.670. The molecule has 1 amide bonds. The second-order valence-corrected chi connectivity index (χ2v) is 4.64. The highest BCUT2D eigenvalue weighted by Gasteiger charge is 2.15. The summed E-state index contributed by atoms with van der Waals surface area (Å²) in [7, 11) is 0. The second-order valence-electron chi connectivity index (χ2n) is 4.64. The van der Waals surface area contributed by atoms with E-state index in [1.54, 1.807) is 0 Å². The van der Waals surface area contributed by atoms with E-state index >= 15 is 0 Å². The number of hydrogen-bond acceptors (Lipinski definition) is 4. The van der Waals surface area contributed by atoms with E-state index in [1.165, 1.54) is 12.1 Å². The number of benzene rings is 1. The van der Waals surface area contributed by atoms with Gasteiger partial charge in [0.2, 0.25) is 0 Å². The number of carbonyl (C=O) groups is 1. The van der Waals surface area contributed by atoms with Crippen LogP contribution in [-0.2, 0) is 0 Å². The predicted octanol–water partition coefficient (Wildman–Crippen LogP) is 1.14. The molecule has 2 aromatic heterocycles. The largest absolute Gasteiger partial charge is 0.341 e. The average molecular weight is 283 g/mol. The van der Waals surface area contributed by atoms with Crippen LogP contribution in [0.4, 0.5) is 0 Å². The number of fused-ring (bicyclic) bond motifs is 1. The SMILES string of the molecule is CC(NC(=O)c1ccc(=O)[nH]n1)c1nc2ccccc2[nH]1. The smallest absolute Gasteiger partial charge is 0.272 e. The number of hydrogen-bond donors (Lipinski definition) is 3. The van der Waals surface area contributed by atoms with Gasteiger partial charge in [0, 0.05) is 6.07 Å². The Balaban J connectivity index is 1.79. The van der Waals surface area contributed by atoms with E-state index in [2.05, 4.69) is 25.5 Å². The Morgan fingerprint density at radius 1 is 1.24 bits per heavy atom. The molecule has 1 atom stereocenters. The number of carbonyl (C=O) groups excluding carboxylic acids is 1. The number of nitrogens with one attached hydrogen (secondary N) is 3. The van der Waals surface area contributed by atoms with Crippen molar-refractivity contribution in [2.24, 2.45) is 0 Å². The first kappa shape index (κ1) is 13.0. The fraction of sp³-hybridized carbons (Fsp3) is 0.143. The van der Waals surface area contributed by atoms with E-state index in [9.17, 15) is 9.59 Å². The van der Waals surface area contributed by atoms with E-state index in [1.807, 2.05) is 31.2 Å². The van der Waals surface area contributed by atoms with E-state index in [4.69, 9.17) is 0 Å². The summed E-state index contributed by atoms with van der Waals surface area (Å²) in [6.07, 6.45) is 0. The molecule has 3 N–H and O–H groups in total. The van der Waals surface area contributed by atoms with Crippen molar-refractivity contribution in [1.82, 2.24) is 25.5 Å². The molecule has 1 aromatic carbocycles. The van der Waals surface area contributed by atoms with Crippen molar-refractivity contribution in [2.45, 2.75) is 13.0 Å². The third-order valence-corrected chi connectivity index (χ3v) is 3.08. The predicted molar refractivity (Wildman–Crippen MR) is 76.8 cm³/mol. The van der Waals surface area contributed by atoms with Crippen molar-refractivity contribution in [1.29, 1.82) is 0 Å². The molecule has 0 aliphatic heterocycles. The minimum atomic E-state index is -0.376. The Labute approximate surface area is 119 Å². The van der Waals surface area contributed by atoms with Crippen LogP contribution >= 0.6 is 0 Å². The maximum Gasteiger partial charge on any atom is 0.272 e. The lowest BCUT2D eigenvalue weighted by Crippen LogP contribution is -2.29. The highest BCUT2D eigenvalue weighted by Crippen LogP contribution is 2.15. The fourth-order valence-electron chi connectivity index (χ4n) is 1.99. The van der Waals surface area contributed by atoms with Crippen LogP contribution in [0.25, 0.3) is 11.0 Å². The van der Waals surface area contributed by atoms with Gasteiger partial charge in [-0.1, -0.05) is 12.1 Å². The number of amides is 1. The summed E-state index contributed by atoms with van der Waals surface area (Å²) in [5.74, 6) is 0.285. The molecule has 0 spiro atoms. The zero-order valence-corrected chi connectivity index (χ0v) is 11.3. The normalized spacial score (nSPS) is 12.2. The highest BCUT2D eigenvalue weighted by molar-refractivity contribution is 5.92. The molecule has 106 valence electrons. The standard InChI is InChI=1S/C14H13N5O2/c1-8(13-16-9-4-2-3-5-10(9)17-13)15-14(21)11-6-7-12(20)19-18-11/h2-8H,1H3,(H,15,21)(H,16,17)(H,19,20). The van der Waals surface area contributed by atoms with Crippen LogP contribution < -0.4 is 10.9 Å². The Bertz CT molecular complexity index is 798. The van der Waals surface area contributed by atoms with Crippen LogP contribution in [0, 0.1) is 0 Å². The van der Waals surface area contributed by atoms with Gasteiger partial charge in [-0.2, -0.15) is 5.10 Å². The molecule has 7 nitrogen and oxygen atoms in total. The zero-order chi connectivity index (χ0) is 14.8. The number of aromatic amines is 2. The van der Waals surface area contributed by atoms with Crippen LogP contribution in [0.1, 0.15) is 29.3 Å². The molecular weight excluding hydrogens is 270 g/mol. The van der Waals surface area contributed by atoms with Gasteiger partial charge in [-0.3, -0.25) is 9.59 Å². The molecule has 0 saturated carbocycles. The summed E-state index contributed by atoms with van der Waals surface area (Å²) >= 11 is 0. The summed E-state index contributed by atoms with van der Waals surface area (Å²) in [5, 5.41) is 8.69. The number of rotatable bonds is 3. The minimum Gasteiger partial charge on any atom is -0.341 e. The maximum absolute atomic E-state index is 12.0. The molecule has 0 aliphatic carbocycles. The average Bonchev–Trinajstić information content (AvgIpc) is 2.92. The van der Waals surface area contributed by atoms with E-state index in [-0.39, 0.29) is 23.2 Å². The molecule has 7 heteroatoms. The maximum atomic E-state index is 12.0. The van der Waals surface area contributed by atoms with E-state index in [0.717, 1.165) is 11.0 Å². The fourth-order valence-corrected chi connectivity index (χ4v) is 1.99. The molecule has 0 fully saturated rings. The van der Waals surface area contributed by atoms with Crippen molar-refractivity contribution < 1.29 is 4.79 Å². The molecule has 0 aliphatic rings. The lowest BCUT2D eigenvalue weighted by Gasteiger charge is -2.10. The van der Waals surface area contributed by atoms with Crippen molar-refractivity contribution in [3.05, 3.63) is 58.3 Å². The minimum absolute atomic E-state index is 0.151. The molecule has 2 heterocycles. The molecule has 3 aromatic rings. The van der Waals surface area contributed by atoms with Gasteiger partial charge in [-0.15, -0.1) is 0 Å². The third-order valence-electron chi connectivity index (χ3n) is 3.08. The lowest BCUT2D eigenvalue weighted by molar-refractivity contribution is 0.0932. The van der Waals surface area contributed by atoms with Gasteiger partial charge in [0.25, 0.3) is 11.5 Å². The van der Waals surface area contributed by atoms with Gasteiger partial charge in [0.1, 0.15) is 11.5 Å². The Hall–Kier alpha value is -2.96. The van der Waals surface area contributed by atoms with Crippen molar-refractivity contribution >= 4 is 16.9 Å². The first-order valence-corrected chi connectivity index (χ1v) is 6.45. The third kappa shape index (κ3) is 2.66. The molecule has 0 saturated heterocycles. The van der Waals surface area contributed by atoms with E-state index < -0.39 is 0 Å². The van der Waals surface area contributed by atoms with Crippen LogP contribution in [0.2, 0.25) is 0 Å². The highest BCUT2D eigenvalue weighted by atomic mass is 16.2. The summed E-state index contributed by atoms with van der Waals surface area (Å²) < 4.78 is 0. The van der Waals surface area contributed by atoms with Crippen molar-refractivity contribution in [3.63, 3.8) is 0 Å². The van der Waals surface area contributed by atoms with Gasteiger partial charge in [0.15, 0.2) is 0 Å². The molecule has 21 heavy (non-hydrogen) atoms. The van der Waals surface area contributed by atoms with Crippen LogP contribution in [0.15, 0.2) is 41.2 Å². The molecule has 3 rings (SSSR count). The van der Waals surface area contributed by atoms with Crippen molar-refractivity contribution in [3.8, 4) is 0 Å². The van der Waals surface area contributed by atoms with Crippen molar-refractivity contribution in [2.75, 3.05) is 0 Å². The Kier molecular flexibility index (Phi) is 3.23. The van der Waals surface area contributed by atoms with E-state index in [0.29, 0.717) is 5.82 Å². The van der Waals surface area contributed by atoms with Gasteiger partial charge in [-0.05, 0) is 25.1 Å². The first-order valence-electron chi connectivity index (χ1n) is 6.45. The van der Waals surface area contributed by atoms with Gasteiger partial charge < -0.3 is 10.3 Å². The molecule has 0 radical (unpaired) electrons.